The lowest BCUT2D eigenvalue weighted by atomic mass is 9.65. The molecule has 0 bridgehead atoms. The lowest BCUT2D eigenvalue weighted by Crippen LogP contribution is -2.29. The van der Waals surface area contributed by atoms with E-state index < -0.39 is 0 Å². The molecular formula is C35H35BN2Si. The first-order valence-corrected chi connectivity index (χ1v) is 15.9. The van der Waals surface area contributed by atoms with Gasteiger partial charge in [-0.1, -0.05) is 145 Å². The minimum Gasteiger partial charge on any atom is -0.346 e. The molecule has 1 heterocycles. The maximum Gasteiger partial charge on any atom is 0.239 e. The molecule has 0 spiro atoms. The standard InChI is InChI=1S/C35H35BN2Si/c1-5-15-29(16-6-1)27-34(32-21-11-4-12-22-32)36-35-37-24-25-38(35)28-39-26-14-13-23-33(30-17-7-2-8-18-30)31-19-9-3-10-20-31/h1-22,24-25,27,33,36H,23,26,28,39H2. The molecule has 0 atom stereocenters. The molecule has 0 saturated heterocycles. The fourth-order valence-electron chi connectivity index (χ4n) is 5.09. The molecule has 0 radical (unpaired) electrons. The third-order valence-corrected chi connectivity index (χ3v) is 8.69. The van der Waals surface area contributed by atoms with Crippen LogP contribution in [-0.2, 0) is 6.17 Å². The van der Waals surface area contributed by atoms with Gasteiger partial charge < -0.3 is 4.57 Å². The maximum atomic E-state index is 4.75. The SMILES string of the molecule is B(C(=Cc1ccccc1)c1ccccc1)c1nccn1C[SiH2]CC=CCC(c1ccccc1)c1ccccc1. The third kappa shape index (κ3) is 7.68. The molecule has 0 amide bonds. The van der Waals surface area contributed by atoms with E-state index in [9.17, 15) is 0 Å². The zero-order chi connectivity index (χ0) is 26.5. The van der Waals surface area contributed by atoms with Crippen molar-refractivity contribution in [3.05, 3.63) is 168 Å². The molecule has 192 valence electrons. The van der Waals surface area contributed by atoms with E-state index in [0.717, 1.165) is 25.6 Å². The quantitative estimate of drug-likeness (QED) is 0.0795. The van der Waals surface area contributed by atoms with Crippen LogP contribution in [0.2, 0.25) is 6.04 Å². The molecule has 0 unspecified atom stereocenters. The summed E-state index contributed by atoms with van der Waals surface area (Å²) in [6.07, 6.45) is 13.3. The summed E-state index contributed by atoms with van der Waals surface area (Å²) in [5.74, 6) is 0.401. The molecule has 5 rings (SSSR count). The van der Waals surface area contributed by atoms with Crippen LogP contribution in [0.3, 0.4) is 0 Å². The Morgan fingerprint density at radius 2 is 1.33 bits per heavy atom. The first kappa shape index (κ1) is 26.5. The molecule has 4 aromatic carbocycles. The predicted octanol–water partition coefficient (Wildman–Crippen LogP) is 6.47. The summed E-state index contributed by atoms with van der Waals surface area (Å²) >= 11 is 0. The van der Waals surface area contributed by atoms with Gasteiger partial charge in [-0.3, -0.25) is 4.98 Å². The average molecular weight is 523 g/mol. The van der Waals surface area contributed by atoms with Crippen LogP contribution in [0.5, 0.6) is 0 Å². The van der Waals surface area contributed by atoms with E-state index in [2.05, 4.69) is 150 Å². The van der Waals surface area contributed by atoms with Gasteiger partial charge in [0.25, 0.3) is 0 Å². The normalized spacial score (nSPS) is 12.1. The summed E-state index contributed by atoms with van der Waals surface area (Å²) in [4.78, 5) is 4.75. The minimum absolute atomic E-state index is 0.286. The fourth-order valence-corrected chi connectivity index (χ4v) is 6.49. The number of hydrogen-bond donors (Lipinski definition) is 0. The van der Waals surface area contributed by atoms with Crippen LogP contribution >= 0.6 is 0 Å². The van der Waals surface area contributed by atoms with Crippen LogP contribution in [0.1, 0.15) is 34.6 Å². The molecule has 0 aliphatic rings. The highest BCUT2D eigenvalue weighted by Crippen LogP contribution is 2.28. The Morgan fingerprint density at radius 1 is 0.744 bits per heavy atom. The topological polar surface area (TPSA) is 17.8 Å². The highest BCUT2D eigenvalue weighted by Gasteiger charge is 2.13. The van der Waals surface area contributed by atoms with Crippen molar-refractivity contribution in [3.63, 3.8) is 0 Å². The lowest BCUT2D eigenvalue weighted by Gasteiger charge is -2.16. The number of hydrogen-bond acceptors (Lipinski definition) is 1. The predicted molar refractivity (Wildman–Crippen MR) is 172 cm³/mol. The van der Waals surface area contributed by atoms with Gasteiger partial charge in [0, 0.05) is 34.0 Å². The largest absolute Gasteiger partial charge is 0.346 e. The van der Waals surface area contributed by atoms with Crippen molar-refractivity contribution >= 4 is 34.1 Å². The van der Waals surface area contributed by atoms with Gasteiger partial charge in [0.1, 0.15) is 0 Å². The Labute approximate surface area is 235 Å². The summed E-state index contributed by atoms with van der Waals surface area (Å²) in [7, 11) is 0.539. The van der Waals surface area contributed by atoms with Crippen LogP contribution in [0.4, 0.5) is 0 Å². The van der Waals surface area contributed by atoms with Gasteiger partial charge in [0.05, 0.1) is 5.72 Å². The summed E-state index contributed by atoms with van der Waals surface area (Å²) < 4.78 is 2.37. The first-order chi connectivity index (χ1) is 19.4. The zero-order valence-corrected chi connectivity index (χ0v) is 23.9. The molecule has 0 aliphatic carbocycles. The van der Waals surface area contributed by atoms with Gasteiger partial charge in [-0.15, -0.1) is 0 Å². The Hall–Kier alpha value is -4.15. The fraction of sp³-hybridized carbons (Fsp3) is 0.114. The highest BCUT2D eigenvalue weighted by atomic mass is 28.2. The van der Waals surface area contributed by atoms with Crippen molar-refractivity contribution in [3.8, 4) is 0 Å². The Balaban J connectivity index is 1.20. The van der Waals surface area contributed by atoms with Crippen molar-refractivity contribution in [2.24, 2.45) is 0 Å². The molecule has 39 heavy (non-hydrogen) atoms. The summed E-state index contributed by atoms with van der Waals surface area (Å²) in [6, 6.07) is 44.2. The number of nitrogens with zero attached hydrogens (tertiary/aromatic N) is 2. The average Bonchev–Trinajstić information content (AvgIpc) is 3.45. The van der Waals surface area contributed by atoms with E-state index in [1.807, 2.05) is 6.20 Å². The zero-order valence-electron chi connectivity index (χ0n) is 22.4. The molecule has 2 nitrogen and oxygen atoms in total. The van der Waals surface area contributed by atoms with Crippen LogP contribution in [0, 0.1) is 0 Å². The van der Waals surface area contributed by atoms with Gasteiger partial charge in [0.2, 0.25) is 7.28 Å². The molecular weight excluding hydrogens is 487 g/mol. The van der Waals surface area contributed by atoms with Crippen LogP contribution < -0.4 is 5.72 Å². The van der Waals surface area contributed by atoms with Gasteiger partial charge in [-0.05, 0) is 34.7 Å². The lowest BCUT2D eigenvalue weighted by molar-refractivity contribution is 0.828. The van der Waals surface area contributed by atoms with Gasteiger partial charge in [-0.25, -0.2) is 0 Å². The minimum atomic E-state index is -0.286. The van der Waals surface area contributed by atoms with Crippen molar-refractivity contribution in [1.82, 2.24) is 9.55 Å². The summed E-state index contributed by atoms with van der Waals surface area (Å²) in [5, 5.41) is 0. The summed E-state index contributed by atoms with van der Waals surface area (Å²) in [6.45, 7) is 0. The van der Waals surface area contributed by atoms with E-state index in [4.69, 9.17) is 4.98 Å². The second-order valence-corrected chi connectivity index (χ2v) is 11.6. The molecule has 4 heteroatoms. The molecule has 0 aliphatic heterocycles. The summed E-state index contributed by atoms with van der Waals surface area (Å²) in [5.41, 5.74) is 7.67. The smallest absolute Gasteiger partial charge is 0.239 e. The van der Waals surface area contributed by atoms with E-state index in [1.165, 1.54) is 33.8 Å². The second-order valence-electron chi connectivity index (χ2n) is 9.88. The second kappa shape index (κ2) is 14.1. The Morgan fingerprint density at radius 3 is 1.97 bits per heavy atom. The van der Waals surface area contributed by atoms with E-state index in [0.29, 0.717) is 5.92 Å². The third-order valence-electron chi connectivity index (χ3n) is 7.15. The highest BCUT2D eigenvalue weighted by molar-refractivity contribution is 6.73. The van der Waals surface area contributed by atoms with Gasteiger partial charge in [0.15, 0.2) is 0 Å². The Bertz CT molecular complexity index is 1420. The molecule has 0 N–H and O–H groups in total. The van der Waals surface area contributed by atoms with Crippen LogP contribution in [0.25, 0.3) is 11.5 Å². The van der Waals surface area contributed by atoms with Crippen molar-refractivity contribution in [2.75, 3.05) is 0 Å². The van der Waals surface area contributed by atoms with Crippen LogP contribution in [-0.4, -0.2) is 26.4 Å². The molecule has 1 aromatic heterocycles. The molecule has 5 aromatic rings. The van der Waals surface area contributed by atoms with Gasteiger partial charge in [-0.2, -0.15) is 0 Å². The first-order valence-electron chi connectivity index (χ1n) is 13.9. The number of allylic oxidation sites excluding steroid dienone is 2. The van der Waals surface area contributed by atoms with E-state index >= 15 is 0 Å². The molecule has 0 saturated carbocycles. The van der Waals surface area contributed by atoms with Crippen molar-refractivity contribution in [1.29, 1.82) is 0 Å². The number of imidazole rings is 1. The number of benzene rings is 4. The Kier molecular flexibility index (Phi) is 9.58. The number of rotatable bonds is 12. The molecule has 0 fully saturated rings. The van der Waals surface area contributed by atoms with E-state index in [1.54, 1.807) is 0 Å². The number of aromatic nitrogens is 2. The monoisotopic (exact) mass is 522 g/mol. The van der Waals surface area contributed by atoms with Gasteiger partial charge >= 0.3 is 0 Å². The van der Waals surface area contributed by atoms with E-state index in [-0.39, 0.29) is 9.52 Å². The van der Waals surface area contributed by atoms with Crippen LogP contribution in [0.15, 0.2) is 146 Å². The van der Waals surface area contributed by atoms with Crippen molar-refractivity contribution < 1.29 is 0 Å². The maximum absolute atomic E-state index is 4.75. The van der Waals surface area contributed by atoms with Crippen molar-refractivity contribution in [2.45, 2.75) is 24.6 Å².